The second-order valence-electron chi connectivity index (χ2n) is 8.13. The average molecular weight is 512 g/mol. The molecule has 0 heterocycles. The number of likely N-dealkylation sites (N-methyl/N-ethyl adjacent to an activating group) is 1. The molecule has 1 N–H and O–H groups in total. The van der Waals surface area contributed by atoms with Gasteiger partial charge in [-0.15, -0.1) is 0 Å². The van der Waals surface area contributed by atoms with Gasteiger partial charge in [0, 0.05) is 13.1 Å². The van der Waals surface area contributed by atoms with Crippen LogP contribution in [-0.2, 0) is 26.2 Å². The van der Waals surface area contributed by atoms with Gasteiger partial charge in [0.1, 0.15) is 18.4 Å². The van der Waals surface area contributed by atoms with E-state index in [1.807, 2.05) is 30.3 Å². The lowest BCUT2D eigenvalue weighted by Crippen LogP contribution is -2.52. The normalized spacial score (nSPS) is 12.0. The smallest absolute Gasteiger partial charge is 0.264 e. The van der Waals surface area contributed by atoms with Gasteiger partial charge >= 0.3 is 0 Å². The molecule has 0 spiro atoms. The number of nitrogens with zero attached hydrogens (tertiary/aromatic N) is 2. The van der Waals surface area contributed by atoms with E-state index in [9.17, 15) is 22.4 Å². The Labute approximate surface area is 211 Å². The maximum Gasteiger partial charge on any atom is 0.264 e. The molecule has 3 rings (SSSR count). The summed E-state index contributed by atoms with van der Waals surface area (Å²) in [6, 6.07) is 21.0. The quantitative estimate of drug-likeness (QED) is 0.422. The zero-order valence-electron chi connectivity index (χ0n) is 20.3. The Balaban J connectivity index is 2.03. The van der Waals surface area contributed by atoms with Crippen molar-refractivity contribution in [2.75, 3.05) is 17.4 Å². The molecule has 3 aromatic rings. The summed E-state index contributed by atoms with van der Waals surface area (Å²) in [5.74, 6) is -1.40. The molecular weight excluding hydrogens is 481 g/mol. The van der Waals surface area contributed by atoms with E-state index in [2.05, 4.69) is 5.32 Å². The highest BCUT2D eigenvalue weighted by atomic mass is 32.2. The molecule has 0 bridgehead atoms. The average Bonchev–Trinajstić information content (AvgIpc) is 2.89. The lowest BCUT2D eigenvalue weighted by molar-refractivity contribution is -0.140. The van der Waals surface area contributed by atoms with Crippen LogP contribution in [-0.4, -0.2) is 44.3 Å². The lowest BCUT2D eigenvalue weighted by Gasteiger charge is -2.33. The summed E-state index contributed by atoms with van der Waals surface area (Å²) in [6.07, 6.45) is 0.340. The molecule has 36 heavy (non-hydrogen) atoms. The second-order valence-corrected chi connectivity index (χ2v) is 9.99. The summed E-state index contributed by atoms with van der Waals surface area (Å²) in [5, 5.41) is 2.76. The third kappa shape index (κ3) is 6.48. The Bertz CT molecular complexity index is 1250. The highest BCUT2D eigenvalue weighted by Crippen LogP contribution is 2.25. The highest BCUT2D eigenvalue weighted by molar-refractivity contribution is 7.92. The molecule has 2 amide bonds. The fourth-order valence-corrected chi connectivity index (χ4v) is 5.28. The topological polar surface area (TPSA) is 86.8 Å². The van der Waals surface area contributed by atoms with Crippen LogP contribution in [0.2, 0.25) is 0 Å². The number of carbonyl (C=O) groups excluding carboxylic acids is 2. The summed E-state index contributed by atoms with van der Waals surface area (Å²) in [5.41, 5.74) is 0.937. The molecule has 7 nitrogen and oxygen atoms in total. The Hall–Kier alpha value is -3.72. The van der Waals surface area contributed by atoms with Crippen LogP contribution in [0, 0.1) is 5.82 Å². The van der Waals surface area contributed by atoms with Crippen LogP contribution in [0.15, 0.2) is 89.8 Å². The summed E-state index contributed by atoms with van der Waals surface area (Å²) >= 11 is 0. The van der Waals surface area contributed by atoms with Crippen molar-refractivity contribution in [2.24, 2.45) is 0 Å². The monoisotopic (exact) mass is 511 g/mol. The molecule has 3 aromatic carbocycles. The number of amides is 2. The van der Waals surface area contributed by atoms with E-state index in [0.29, 0.717) is 13.0 Å². The third-order valence-electron chi connectivity index (χ3n) is 5.66. The third-order valence-corrected chi connectivity index (χ3v) is 7.45. The van der Waals surface area contributed by atoms with Gasteiger partial charge in [-0.05, 0) is 55.3 Å². The van der Waals surface area contributed by atoms with Gasteiger partial charge in [0.2, 0.25) is 11.8 Å². The van der Waals surface area contributed by atoms with Gasteiger partial charge in [-0.1, -0.05) is 55.5 Å². The summed E-state index contributed by atoms with van der Waals surface area (Å²) < 4.78 is 41.8. The van der Waals surface area contributed by atoms with Crippen LogP contribution in [0.4, 0.5) is 10.1 Å². The number of carbonyl (C=O) groups is 2. The highest BCUT2D eigenvalue weighted by Gasteiger charge is 2.33. The van der Waals surface area contributed by atoms with Crippen LogP contribution in [0.5, 0.6) is 0 Å². The molecule has 0 aromatic heterocycles. The fourth-order valence-electron chi connectivity index (χ4n) is 3.85. The van der Waals surface area contributed by atoms with Crippen molar-refractivity contribution in [2.45, 2.75) is 37.8 Å². The van der Waals surface area contributed by atoms with E-state index >= 15 is 0 Å². The van der Waals surface area contributed by atoms with Gasteiger partial charge in [0.05, 0.1) is 10.6 Å². The number of hydrogen-bond donors (Lipinski definition) is 1. The molecule has 0 saturated carbocycles. The maximum atomic E-state index is 13.8. The Morgan fingerprint density at radius 3 is 2.03 bits per heavy atom. The largest absolute Gasteiger partial charge is 0.355 e. The van der Waals surface area contributed by atoms with E-state index < -0.39 is 34.3 Å². The van der Waals surface area contributed by atoms with E-state index in [1.165, 1.54) is 29.2 Å². The number of rotatable bonds is 11. The van der Waals surface area contributed by atoms with E-state index in [0.717, 1.165) is 22.0 Å². The first-order valence-corrected chi connectivity index (χ1v) is 13.2. The van der Waals surface area contributed by atoms with Crippen molar-refractivity contribution < 1.29 is 22.4 Å². The zero-order valence-corrected chi connectivity index (χ0v) is 21.1. The molecule has 0 aliphatic rings. The van der Waals surface area contributed by atoms with Gasteiger partial charge in [0.25, 0.3) is 10.0 Å². The van der Waals surface area contributed by atoms with Gasteiger partial charge in [-0.25, -0.2) is 12.8 Å². The SMILES string of the molecule is CCNC(=O)[C@@H](CC)N(Cc1ccccc1)C(=O)CN(c1ccc(F)cc1)S(=O)(=O)c1ccccc1. The molecule has 190 valence electrons. The number of benzene rings is 3. The summed E-state index contributed by atoms with van der Waals surface area (Å²) in [4.78, 5) is 28.0. The standard InChI is InChI=1S/C27H30FN3O4S/c1-3-25(27(33)29-4-2)30(19-21-11-7-5-8-12-21)26(32)20-31(23-17-15-22(28)16-18-23)36(34,35)24-13-9-6-10-14-24/h5-18,25H,3-4,19-20H2,1-2H3,(H,29,33)/t25-/m1/s1. The molecule has 0 aliphatic heterocycles. The second kappa shape index (κ2) is 12.3. The number of anilines is 1. The Morgan fingerprint density at radius 1 is 0.889 bits per heavy atom. The van der Waals surface area contributed by atoms with Crippen molar-refractivity contribution in [3.05, 3.63) is 96.3 Å². The number of nitrogens with one attached hydrogen (secondary N) is 1. The minimum absolute atomic E-state index is 0.00694. The molecule has 0 fully saturated rings. The van der Waals surface area contributed by atoms with E-state index in [1.54, 1.807) is 32.0 Å². The first kappa shape index (κ1) is 26.9. The Morgan fingerprint density at radius 2 is 1.47 bits per heavy atom. The van der Waals surface area contributed by atoms with Crippen LogP contribution < -0.4 is 9.62 Å². The predicted molar refractivity (Wildman–Crippen MR) is 137 cm³/mol. The molecule has 0 unspecified atom stereocenters. The number of halogens is 1. The lowest BCUT2D eigenvalue weighted by atomic mass is 10.1. The molecular formula is C27H30FN3O4S. The zero-order chi connectivity index (χ0) is 26.1. The van der Waals surface area contributed by atoms with Crippen LogP contribution in [0.1, 0.15) is 25.8 Å². The fraction of sp³-hybridized carbons (Fsp3) is 0.259. The maximum absolute atomic E-state index is 13.8. The number of sulfonamides is 1. The molecule has 9 heteroatoms. The molecule has 0 aliphatic carbocycles. The minimum Gasteiger partial charge on any atom is -0.355 e. The van der Waals surface area contributed by atoms with Crippen LogP contribution in [0.3, 0.4) is 0 Å². The molecule has 0 saturated heterocycles. The minimum atomic E-state index is -4.17. The predicted octanol–water partition coefficient (Wildman–Crippen LogP) is 3.96. The molecule has 1 atom stereocenters. The number of hydrogen-bond acceptors (Lipinski definition) is 4. The van der Waals surface area contributed by atoms with Gasteiger partial charge in [0.15, 0.2) is 0 Å². The summed E-state index contributed by atoms with van der Waals surface area (Å²) in [6.45, 7) is 3.54. The first-order valence-electron chi connectivity index (χ1n) is 11.7. The van der Waals surface area contributed by atoms with Crippen LogP contribution in [0.25, 0.3) is 0 Å². The Kier molecular flexibility index (Phi) is 9.19. The van der Waals surface area contributed by atoms with Crippen LogP contribution >= 0.6 is 0 Å². The van der Waals surface area contributed by atoms with Crippen molar-refractivity contribution in [3.63, 3.8) is 0 Å². The molecule has 0 radical (unpaired) electrons. The van der Waals surface area contributed by atoms with Crippen molar-refractivity contribution in [1.29, 1.82) is 0 Å². The summed E-state index contributed by atoms with van der Waals surface area (Å²) in [7, 11) is -4.17. The van der Waals surface area contributed by atoms with Gasteiger partial charge in [-0.3, -0.25) is 13.9 Å². The van der Waals surface area contributed by atoms with E-state index in [4.69, 9.17) is 0 Å². The van der Waals surface area contributed by atoms with Gasteiger partial charge < -0.3 is 10.2 Å². The van der Waals surface area contributed by atoms with Crippen molar-refractivity contribution in [3.8, 4) is 0 Å². The first-order chi connectivity index (χ1) is 17.3. The van der Waals surface area contributed by atoms with Crippen molar-refractivity contribution >= 4 is 27.5 Å². The van der Waals surface area contributed by atoms with Gasteiger partial charge in [-0.2, -0.15) is 0 Å². The van der Waals surface area contributed by atoms with Crippen molar-refractivity contribution in [1.82, 2.24) is 10.2 Å². The van der Waals surface area contributed by atoms with E-state index in [-0.39, 0.29) is 23.0 Å².